The van der Waals surface area contributed by atoms with Crippen molar-refractivity contribution in [3.05, 3.63) is 5.82 Å². The maximum absolute atomic E-state index is 5.78. The molecule has 1 atom stereocenters. The van der Waals surface area contributed by atoms with Crippen LogP contribution in [0.3, 0.4) is 0 Å². The van der Waals surface area contributed by atoms with Crippen LogP contribution in [0.4, 0.5) is 0 Å². The van der Waals surface area contributed by atoms with E-state index in [0.29, 0.717) is 6.54 Å². The lowest BCUT2D eigenvalue weighted by molar-refractivity contribution is 0.00240. The van der Waals surface area contributed by atoms with Gasteiger partial charge in [0.25, 0.3) is 0 Å². The Kier molecular flexibility index (Phi) is 3.68. The maximum atomic E-state index is 5.78. The second kappa shape index (κ2) is 4.93. The van der Waals surface area contributed by atoms with Gasteiger partial charge in [0.1, 0.15) is 0 Å². The minimum absolute atomic E-state index is 0.0601. The van der Waals surface area contributed by atoms with E-state index in [4.69, 9.17) is 4.74 Å². The molecule has 1 N–H and O–H groups in total. The van der Waals surface area contributed by atoms with Crippen LogP contribution in [0.25, 0.3) is 0 Å². The molecule has 2 rings (SSSR count). The van der Waals surface area contributed by atoms with E-state index in [-0.39, 0.29) is 11.1 Å². The number of hydrogen-bond donors (Lipinski definition) is 1. The van der Waals surface area contributed by atoms with E-state index < -0.39 is 0 Å². The first kappa shape index (κ1) is 13.4. The van der Waals surface area contributed by atoms with E-state index in [1.54, 1.807) is 0 Å². The van der Waals surface area contributed by atoms with Gasteiger partial charge in [-0.3, -0.25) is 0 Å². The fraction of sp³-hybridized carbons (Fsp3) is 0.917. The van der Waals surface area contributed by atoms with Crippen molar-refractivity contribution in [2.75, 3.05) is 6.61 Å². The monoisotopic (exact) mass is 253 g/mol. The smallest absolute Gasteiger partial charge is 0.165 e. The van der Waals surface area contributed by atoms with E-state index in [1.807, 2.05) is 4.68 Å². The number of nitrogens with zero attached hydrogens (tertiary/aromatic N) is 4. The van der Waals surface area contributed by atoms with Gasteiger partial charge < -0.3 is 10.1 Å². The summed E-state index contributed by atoms with van der Waals surface area (Å²) in [4.78, 5) is 0. The Balaban J connectivity index is 1.99. The van der Waals surface area contributed by atoms with Crippen LogP contribution in [0.2, 0.25) is 0 Å². The zero-order valence-corrected chi connectivity index (χ0v) is 11.7. The van der Waals surface area contributed by atoms with E-state index in [2.05, 4.69) is 48.5 Å². The lowest BCUT2D eigenvalue weighted by Crippen LogP contribution is -2.37. The molecule has 0 radical (unpaired) electrons. The molecule has 2 heterocycles. The van der Waals surface area contributed by atoms with Gasteiger partial charge in [-0.25, -0.2) is 4.68 Å². The molecule has 6 nitrogen and oxygen atoms in total. The quantitative estimate of drug-likeness (QED) is 0.871. The van der Waals surface area contributed by atoms with Crippen LogP contribution < -0.4 is 5.32 Å². The zero-order valence-electron chi connectivity index (χ0n) is 11.7. The van der Waals surface area contributed by atoms with Crippen molar-refractivity contribution in [3.8, 4) is 0 Å². The molecule has 1 aliphatic rings. The summed E-state index contributed by atoms with van der Waals surface area (Å²) in [6, 6.07) is 0. The Bertz CT molecular complexity index is 389. The molecule has 1 aliphatic heterocycles. The van der Waals surface area contributed by atoms with Crippen LogP contribution in [0, 0.1) is 0 Å². The Hall–Kier alpha value is -1.01. The third-order valence-electron chi connectivity index (χ3n) is 3.17. The molecule has 1 aromatic heterocycles. The number of tetrazole rings is 1. The maximum Gasteiger partial charge on any atom is 0.165 e. The van der Waals surface area contributed by atoms with Crippen molar-refractivity contribution in [3.63, 3.8) is 0 Å². The molecule has 0 aliphatic carbocycles. The van der Waals surface area contributed by atoms with Crippen molar-refractivity contribution in [1.29, 1.82) is 0 Å². The van der Waals surface area contributed by atoms with Gasteiger partial charge in [0.05, 0.1) is 18.7 Å². The molecule has 1 aromatic rings. The molecular weight excluding hydrogens is 230 g/mol. The summed E-state index contributed by atoms with van der Waals surface area (Å²) in [6.07, 6.45) is 2.19. The number of ether oxygens (including phenoxy) is 1. The molecule has 1 fully saturated rings. The second-order valence-electron chi connectivity index (χ2n) is 6.26. The second-order valence-corrected chi connectivity index (χ2v) is 6.26. The molecule has 0 saturated carbocycles. The van der Waals surface area contributed by atoms with Gasteiger partial charge in [-0.1, -0.05) is 0 Å². The molecule has 1 saturated heterocycles. The number of nitrogens with one attached hydrogen (secondary N) is 1. The van der Waals surface area contributed by atoms with Crippen molar-refractivity contribution in [2.24, 2.45) is 0 Å². The summed E-state index contributed by atoms with van der Waals surface area (Å²) in [7, 11) is 0. The molecule has 0 aromatic carbocycles. The summed E-state index contributed by atoms with van der Waals surface area (Å²) in [5.41, 5.74) is -0.0591. The molecule has 0 spiro atoms. The Morgan fingerprint density at radius 3 is 2.83 bits per heavy atom. The third kappa shape index (κ3) is 3.49. The lowest BCUT2D eigenvalue weighted by Gasteiger charge is -2.24. The van der Waals surface area contributed by atoms with E-state index in [9.17, 15) is 0 Å². The van der Waals surface area contributed by atoms with Gasteiger partial charge in [0.2, 0.25) is 0 Å². The molecule has 6 heteroatoms. The lowest BCUT2D eigenvalue weighted by atomic mass is 10.0. The fourth-order valence-corrected chi connectivity index (χ4v) is 2.10. The third-order valence-corrected chi connectivity index (χ3v) is 3.17. The topological polar surface area (TPSA) is 64.9 Å². The first-order chi connectivity index (χ1) is 8.38. The zero-order chi connectivity index (χ0) is 13.2. The highest BCUT2D eigenvalue weighted by Gasteiger charge is 2.31. The Morgan fingerprint density at radius 2 is 2.22 bits per heavy atom. The van der Waals surface area contributed by atoms with Gasteiger partial charge in [-0.05, 0) is 51.0 Å². The van der Waals surface area contributed by atoms with Gasteiger partial charge in [-0.2, -0.15) is 0 Å². The minimum Gasteiger partial charge on any atom is -0.373 e. The van der Waals surface area contributed by atoms with Crippen LogP contribution in [0.1, 0.15) is 46.4 Å². The summed E-state index contributed by atoms with van der Waals surface area (Å²) in [5.74, 6) is 0.863. The number of hydrogen-bond acceptors (Lipinski definition) is 5. The highest BCUT2D eigenvalue weighted by molar-refractivity contribution is 4.88. The van der Waals surface area contributed by atoms with Crippen LogP contribution in [0.5, 0.6) is 0 Å². The average molecular weight is 253 g/mol. The van der Waals surface area contributed by atoms with Gasteiger partial charge in [0, 0.05) is 12.1 Å². The summed E-state index contributed by atoms with van der Waals surface area (Å²) in [5, 5.41) is 15.3. The first-order valence-electron chi connectivity index (χ1n) is 6.52. The van der Waals surface area contributed by atoms with Crippen LogP contribution >= 0.6 is 0 Å². The Morgan fingerprint density at radius 1 is 1.44 bits per heavy atom. The minimum atomic E-state index is -0.119. The highest BCUT2D eigenvalue weighted by Crippen LogP contribution is 2.26. The van der Waals surface area contributed by atoms with Crippen molar-refractivity contribution >= 4 is 0 Å². The highest BCUT2D eigenvalue weighted by atomic mass is 16.5. The molecular formula is C12H23N5O. The van der Waals surface area contributed by atoms with E-state index in [0.717, 1.165) is 31.8 Å². The molecule has 102 valence electrons. The van der Waals surface area contributed by atoms with Crippen LogP contribution in [-0.2, 0) is 17.8 Å². The van der Waals surface area contributed by atoms with E-state index >= 15 is 0 Å². The molecule has 0 bridgehead atoms. The van der Waals surface area contributed by atoms with Crippen LogP contribution in [0.15, 0.2) is 0 Å². The largest absolute Gasteiger partial charge is 0.373 e. The molecule has 1 unspecified atom stereocenters. The van der Waals surface area contributed by atoms with Gasteiger partial charge >= 0.3 is 0 Å². The predicted molar refractivity (Wildman–Crippen MR) is 68.0 cm³/mol. The standard InChI is InChI=1S/C12H23N5O/c1-11(2,3)13-8-10-14-15-16-17(10)9-12(4)6-5-7-18-12/h13H,5-9H2,1-4H3. The van der Waals surface area contributed by atoms with Crippen LogP contribution in [-0.4, -0.2) is 38.0 Å². The normalized spacial score (nSPS) is 24.7. The average Bonchev–Trinajstić information content (AvgIpc) is 2.84. The van der Waals surface area contributed by atoms with Crippen molar-refractivity contribution < 1.29 is 4.74 Å². The molecule has 18 heavy (non-hydrogen) atoms. The predicted octanol–water partition coefficient (Wildman–Crippen LogP) is 1.13. The van der Waals surface area contributed by atoms with Gasteiger partial charge in [-0.15, -0.1) is 5.10 Å². The van der Waals surface area contributed by atoms with Crippen molar-refractivity contribution in [1.82, 2.24) is 25.5 Å². The molecule has 0 amide bonds. The fourth-order valence-electron chi connectivity index (χ4n) is 2.10. The first-order valence-corrected chi connectivity index (χ1v) is 6.52. The number of rotatable bonds is 4. The van der Waals surface area contributed by atoms with Gasteiger partial charge in [0.15, 0.2) is 5.82 Å². The Labute approximate surface area is 108 Å². The summed E-state index contributed by atoms with van der Waals surface area (Å²) >= 11 is 0. The SMILES string of the molecule is CC(C)(C)NCc1nnnn1CC1(C)CCCO1. The van der Waals surface area contributed by atoms with E-state index in [1.165, 1.54) is 0 Å². The number of aromatic nitrogens is 4. The summed E-state index contributed by atoms with van der Waals surface area (Å²) in [6.45, 7) is 10.7. The summed E-state index contributed by atoms with van der Waals surface area (Å²) < 4.78 is 7.63. The van der Waals surface area contributed by atoms with Crippen molar-refractivity contribution in [2.45, 2.75) is 64.8 Å².